The average Bonchev–Trinajstić information content (AvgIpc) is 3.42. The summed E-state index contributed by atoms with van der Waals surface area (Å²) < 4.78 is 27.7. The van der Waals surface area contributed by atoms with Gasteiger partial charge in [0.2, 0.25) is 0 Å². The van der Waals surface area contributed by atoms with Crippen molar-refractivity contribution in [3.8, 4) is 0 Å². The molecule has 9 nitrogen and oxygen atoms in total. The maximum Gasteiger partial charge on any atom is 0.316 e. The minimum atomic E-state index is -1.25. The largest absolute Gasteiger partial charge is 0.481 e. The molecule has 4 rings (SSSR count). The molecule has 3 saturated carbocycles. The van der Waals surface area contributed by atoms with E-state index in [1.54, 1.807) is 0 Å². The van der Waals surface area contributed by atoms with Crippen LogP contribution in [0, 0.1) is 52.3 Å². The molecule has 0 amide bonds. The molecule has 282 valence electrons. The Labute approximate surface area is 296 Å². The van der Waals surface area contributed by atoms with E-state index in [9.17, 15) is 14.7 Å². The van der Waals surface area contributed by atoms with Gasteiger partial charge in [0.1, 0.15) is 12.5 Å². The van der Waals surface area contributed by atoms with Crippen molar-refractivity contribution in [2.24, 2.45) is 58.0 Å². The number of fused-ring (bicyclic) bond motifs is 5. The number of ether oxygens (including phenoxy) is 5. The van der Waals surface area contributed by atoms with Gasteiger partial charge in [-0.25, -0.2) is 0 Å². The Hall–Kier alpha value is -1.36. The fourth-order valence-electron chi connectivity index (χ4n) is 10.3. The van der Waals surface area contributed by atoms with Gasteiger partial charge in [-0.05, 0) is 97.7 Å². The number of carbonyl (C=O) groups excluding carboxylic acids is 1. The van der Waals surface area contributed by atoms with Gasteiger partial charge in [0, 0.05) is 6.54 Å². The first kappa shape index (κ1) is 40.4. The van der Waals surface area contributed by atoms with Crippen molar-refractivity contribution in [1.82, 2.24) is 0 Å². The first-order chi connectivity index (χ1) is 23.5. The fraction of sp³-hybridized carbons (Fsp3) is 0.900. The molecule has 0 aromatic carbocycles. The third-order valence-corrected chi connectivity index (χ3v) is 13.1. The summed E-state index contributed by atoms with van der Waals surface area (Å²) in [6.45, 7) is 15.3. The summed E-state index contributed by atoms with van der Waals surface area (Å²) in [5.41, 5.74) is 7.57. The summed E-state index contributed by atoms with van der Waals surface area (Å²) in [4.78, 5) is 24.8. The average molecular weight is 692 g/mol. The SMILES string of the molecule is CC(C)CCC[C@@H](C)[C@H]1CC[C@H]2[C@@H]3CC=C4C[C@@H](OCC(=O)C(COCCOCCOCCOCCN)C(=O)O)CC[C@]4(C)[C@H]3CC[C@]12C. The lowest BCUT2D eigenvalue weighted by atomic mass is 9.47. The van der Waals surface area contributed by atoms with E-state index < -0.39 is 17.7 Å². The summed E-state index contributed by atoms with van der Waals surface area (Å²) in [6, 6.07) is 0. The van der Waals surface area contributed by atoms with Gasteiger partial charge in [0.15, 0.2) is 5.78 Å². The highest BCUT2D eigenvalue weighted by atomic mass is 16.6. The quantitative estimate of drug-likeness (QED) is 0.0683. The topological polar surface area (TPSA) is 127 Å². The number of carboxylic acid groups (broad SMARTS) is 1. The van der Waals surface area contributed by atoms with Crippen molar-refractivity contribution in [3.05, 3.63) is 11.6 Å². The van der Waals surface area contributed by atoms with Gasteiger partial charge in [0.05, 0.1) is 59.0 Å². The molecule has 3 fully saturated rings. The second-order valence-corrected chi connectivity index (χ2v) is 16.5. The zero-order valence-corrected chi connectivity index (χ0v) is 31.4. The van der Waals surface area contributed by atoms with E-state index in [4.69, 9.17) is 29.4 Å². The molecule has 0 spiro atoms. The zero-order valence-electron chi connectivity index (χ0n) is 31.4. The molecule has 0 aromatic rings. The molecule has 0 bridgehead atoms. The van der Waals surface area contributed by atoms with Crippen LogP contribution in [0.2, 0.25) is 0 Å². The van der Waals surface area contributed by atoms with Gasteiger partial charge < -0.3 is 34.5 Å². The van der Waals surface area contributed by atoms with Crippen molar-refractivity contribution in [2.75, 3.05) is 66.0 Å². The predicted octanol–water partition coefficient (Wildman–Crippen LogP) is 6.71. The number of rotatable bonds is 23. The highest BCUT2D eigenvalue weighted by Crippen LogP contribution is 2.67. The van der Waals surface area contributed by atoms with Crippen LogP contribution in [0.15, 0.2) is 11.6 Å². The Bertz CT molecular complexity index is 1060. The number of ketones is 1. The van der Waals surface area contributed by atoms with Crippen LogP contribution < -0.4 is 5.73 Å². The minimum absolute atomic E-state index is 0.0468. The van der Waals surface area contributed by atoms with Crippen LogP contribution in [0.25, 0.3) is 0 Å². The number of nitrogens with two attached hydrogens (primary N) is 1. The number of Topliss-reactive ketones (excluding diaryl/α,β-unsaturated/α-hetero) is 1. The molecule has 1 unspecified atom stereocenters. The van der Waals surface area contributed by atoms with Gasteiger partial charge >= 0.3 is 5.97 Å². The monoisotopic (exact) mass is 692 g/mol. The van der Waals surface area contributed by atoms with Crippen LogP contribution in [-0.4, -0.2) is 89.0 Å². The van der Waals surface area contributed by atoms with E-state index in [-0.39, 0.29) is 31.3 Å². The minimum Gasteiger partial charge on any atom is -0.481 e. The number of aliphatic carboxylic acids is 1. The summed E-state index contributed by atoms with van der Waals surface area (Å²) in [5, 5.41) is 9.71. The lowest BCUT2D eigenvalue weighted by Gasteiger charge is -2.58. The Morgan fingerprint density at radius 2 is 1.55 bits per heavy atom. The second kappa shape index (κ2) is 19.5. The van der Waals surface area contributed by atoms with E-state index in [1.165, 1.54) is 56.9 Å². The molecule has 9 heteroatoms. The number of hydrogen-bond donors (Lipinski definition) is 2. The number of carbonyl (C=O) groups is 2. The van der Waals surface area contributed by atoms with Crippen molar-refractivity contribution in [2.45, 2.75) is 111 Å². The van der Waals surface area contributed by atoms with E-state index in [0.717, 1.165) is 54.8 Å². The van der Waals surface area contributed by atoms with Gasteiger partial charge in [-0.1, -0.05) is 65.5 Å². The summed E-state index contributed by atoms with van der Waals surface area (Å²) in [5.74, 6) is 1.96. The van der Waals surface area contributed by atoms with Crippen LogP contribution >= 0.6 is 0 Å². The maximum atomic E-state index is 12.9. The summed E-state index contributed by atoms with van der Waals surface area (Å²) in [7, 11) is 0. The van der Waals surface area contributed by atoms with Gasteiger partial charge in [-0.15, -0.1) is 0 Å². The van der Waals surface area contributed by atoms with E-state index in [2.05, 4.69) is 40.7 Å². The van der Waals surface area contributed by atoms with Gasteiger partial charge in [0.25, 0.3) is 0 Å². The molecule has 49 heavy (non-hydrogen) atoms. The third kappa shape index (κ3) is 10.6. The summed E-state index contributed by atoms with van der Waals surface area (Å²) >= 11 is 0. The van der Waals surface area contributed by atoms with Gasteiger partial charge in [-0.3, -0.25) is 9.59 Å². The van der Waals surface area contributed by atoms with Crippen LogP contribution in [0.5, 0.6) is 0 Å². The first-order valence-corrected chi connectivity index (χ1v) is 19.6. The Kier molecular flexibility index (Phi) is 16.1. The lowest BCUT2D eigenvalue weighted by molar-refractivity contribution is -0.151. The smallest absolute Gasteiger partial charge is 0.316 e. The maximum absolute atomic E-state index is 12.9. The van der Waals surface area contributed by atoms with Crippen LogP contribution in [0.1, 0.15) is 105 Å². The van der Waals surface area contributed by atoms with Crippen LogP contribution in [0.3, 0.4) is 0 Å². The van der Waals surface area contributed by atoms with Crippen molar-refractivity contribution in [1.29, 1.82) is 0 Å². The molecule has 4 aliphatic rings. The second-order valence-electron chi connectivity index (χ2n) is 16.5. The van der Waals surface area contributed by atoms with Crippen LogP contribution in [0.4, 0.5) is 0 Å². The standard InChI is InChI=1S/C40H69NO8/c1-28(2)7-6-8-29(3)34-11-12-35-32-10-9-30-25-31(13-15-39(30,4)36(32)14-16-40(34,35)5)49-27-37(42)33(38(43)44)26-48-24-23-47-22-21-46-20-19-45-18-17-41/h9,28-29,31-36H,6-8,10-27,41H2,1-5H3,(H,43,44)/t29-,31+,32+,33?,34-,35+,36+,39+,40-/m1/s1. The molecule has 9 atom stereocenters. The number of hydrogen-bond acceptors (Lipinski definition) is 8. The molecular formula is C40H69NO8. The van der Waals surface area contributed by atoms with E-state index in [0.29, 0.717) is 51.6 Å². The van der Waals surface area contributed by atoms with E-state index >= 15 is 0 Å². The predicted molar refractivity (Wildman–Crippen MR) is 191 cm³/mol. The van der Waals surface area contributed by atoms with Gasteiger partial charge in [-0.2, -0.15) is 0 Å². The molecule has 3 N–H and O–H groups in total. The highest BCUT2D eigenvalue weighted by Gasteiger charge is 2.59. The van der Waals surface area contributed by atoms with E-state index in [1.807, 2.05) is 0 Å². The van der Waals surface area contributed by atoms with Crippen LogP contribution in [-0.2, 0) is 33.3 Å². The first-order valence-electron chi connectivity index (χ1n) is 19.6. The zero-order chi connectivity index (χ0) is 35.4. The molecule has 0 heterocycles. The number of allylic oxidation sites excluding steroid dienone is 1. The molecule has 0 aliphatic heterocycles. The molecule has 0 saturated heterocycles. The fourth-order valence-corrected chi connectivity index (χ4v) is 10.3. The molecule has 0 radical (unpaired) electrons. The Morgan fingerprint density at radius 1 is 0.878 bits per heavy atom. The van der Waals surface area contributed by atoms with Crippen molar-refractivity contribution >= 4 is 11.8 Å². The highest BCUT2D eigenvalue weighted by molar-refractivity contribution is 5.99. The lowest BCUT2D eigenvalue weighted by Crippen LogP contribution is -2.51. The third-order valence-electron chi connectivity index (χ3n) is 13.1. The Morgan fingerprint density at radius 3 is 2.20 bits per heavy atom. The normalized spacial score (nSPS) is 32.2. The molecular weight excluding hydrogens is 622 g/mol. The Balaban J connectivity index is 1.19. The van der Waals surface area contributed by atoms with Crippen molar-refractivity contribution in [3.63, 3.8) is 0 Å². The van der Waals surface area contributed by atoms with Crippen molar-refractivity contribution < 1.29 is 38.4 Å². The summed E-state index contributed by atoms with van der Waals surface area (Å²) in [6.07, 6.45) is 16.1. The molecule has 0 aromatic heterocycles. The number of carboxylic acids is 1. The molecule has 4 aliphatic carbocycles.